The Labute approximate surface area is 279 Å². The van der Waals surface area contributed by atoms with Crippen LogP contribution in [0, 0.1) is 6.92 Å². The molecule has 0 saturated carbocycles. The third kappa shape index (κ3) is 9.42. The maximum atomic E-state index is 14.5. The van der Waals surface area contributed by atoms with Gasteiger partial charge in [-0.3, -0.25) is 13.9 Å². The molecule has 236 valence electrons. The van der Waals surface area contributed by atoms with E-state index in [4.69, 9.17) is 11.6 Å². The van der Waals surface area contributed by atoms with Crippen LogP contribution in [0.25, 0.3) is 0 Å². The van der Waals surface area contributed by atoms with Crippen LogP contribution < -0.4 is 9.62 Å². The molecule has 45 heavy (non-hydrogen) atoms. The van der Waals surface area contributed by atoms with E-state index in [0.717, 1.165) is 33.8 Å². The number of rotatable bonds is 14. The number of carbonyl (C=O) groups excluding carboxylic acids is 2. The van der Waals surface area contributed by atoms with Crippen LogP contribution in [0.2, 0.25) is 5.02 Å². The highest BCUT2D eigenvalue weighted by molar-refractivity contribution is 9.10. The van der Waals surface area contributed by atoms with E-state index >= 15 is 0 Å². The van der Waals surface area contributed by atoms with Crippen molar-refractivity contribution in [2.45, 2.75) is 50.6 Å². The summed E-state index contributed by atoms with van der Waals surface area (Å²) in [6, 6.07) is 28.9. The molecule has 4 rings (SSSR count). The van der Waals surface area contributed by atoms with Crippen LogP contribution in [0.15, 0.2) is 112 Å². The average molecular weight is 711 g/mol. The summed E-state index contributed by atoms with van der Waals surface area (Å²) in [5.74, 6) is -0.822. The first kappa shape index (κ1) is 34.2. The van der Waals surface area contributed by atoms with Gasteiger partial charge >= 0.3 is 0 Å². The average Bonchev–Trinajstić information content (AvgIpc) is 3.03. The summed E-state index contributed by atoms with van der Waals surface area (Å²) in [6.45, 7) is 3.93. The highest BCUT2D eigenvalue weighted by atomic mass is 79.9. The van der Waals surface area contributed by atoms with E-state index in [1.165, 1.54) is 17.0 Å². The Hall–Kier alpha value is -3.66. The molecule has 0 saturated heterocycles. The number of aryl methyl sites for hydroxylation is 1. The first-order chi connectivity index (χ1) is 21.6. The number of anilines is 1. The van der Waals surface area contributed by atoms with Crippen LogP contribution in [0.1, 0.15) is 36.5 Å². The van der Waals surface area contributed by atoms with Crippen LogP contribution in [-0.4, -0.2) is 44.3 Å². The predicted octanol–water partition coefficient (Wildman–Crippen LogP) is 7.16. The lowest BCUT2D eigenvalue weighted by Crippen LogP contribution is -2.53. The summed E-state index contributed by atoms with van der Waals surface area (Å²) < 4.78 is 30.0. The molecule has 0 bridgehead atoms. The Balaban J connectivity index is 1.78. The molecule has 0 unspecified atom stereocenters. The van der Waals surface area contributed by atoms with E-state index in [9.17, 15) is 18.0 Å². The molecule has 4 aromatic carbocycles. The van der Waals surface area contributed by atoms with Crippen LogP contribution in [0.4, 0.5) is 5.69 Å². The van der Waals surface area contributed by atoms with Gasteiger partial charge in [0, 0.05) is 29.0 Å². The number of nitrogens with zero attached hydrogens (tertiary/aromatic N) is 2. The number of carbonyl (C=O) groups is 2. The molecular formula is C35H37BrClN3O4S. The normalized spacial score (nSPS) is 11.9. The van der Waals surface area contributed by atoms with Gasteiger partial charge in [0.1, 0.15) is 12.6 Å². The van der Waals surface area contributed by atoms with Crippen molar-refractivity contribution in [1.29, 1.82) is 0 Å². The molecule has 7 nitrogen and oxygen atoms in total. The summed E-state index contributed by atoms with van der Waals surface area (Å²) in [7, 11) is -4.17. The highest BCUT2D eigenvalue weighted by Gasteiger charge is 2.34. The molecule has 4 aromatic rings. The monoisotopic (exact) mass is 709 g/mol. The van der Waals surface area contributed by atoms with Crippen molar-refractivity contribution >= 4 is 55.1 Å². The zero-order valence-electron chi connectivity index (χ0n) is 25.3. The summed E-state index contributed by atoms with van der Waals surface area (Å²) in [4.78, 5) is 29.8. The minimum atomic E-state index is -4.17. The van der Waals surface area contributed by atoms with Crippen molar-refractivity contribution in [2.75, 3.05) is 17.4 Å². The first-order valence-electron chi connectivity index (χ1n) is 14.8. The molecule has 0 aliphatic rings. The third-order valence-electron chi connectivity index (χ3n) is 7.35. The maximum absolute atomic E-state index is 14.5. The lowest BCUT2D eigenvalue weighted by molar-refractivity contribution is -0.140. The first-order valence-corrected chi connectivity index (χ1v) is 17.4. The highest BCUT2D eigenvalue weighted by Crippen LogP contribution is 2.27. The van der Waals surface area contributed by atoms with Crippen LogP contribution in [0.5, 0.6) is 0 Å². The second kappa shape index (κ2) is 16.1. The quantitative estimate of drug-likeness (QED) is 0.141. The number of hydrogen-bond donors (Lipinski definition) is 1. The maximum Gasteiger partial charge on any atom is 0.264 e. The molecule has 2 amide bonds. The number of sulfonamides is 1. The molecule has 0 spiro atoms. The van der Waals surface area contributed by atoms with E-state index < -0.39 is 28.5 Å². The number of nitrogens with one attached hydrogen (secondary N) is 1. The zero-order chi connectivity index (χ0) is 32.4. The van der Waals surface area contributed by atoms with Gasteiger partial charge in [-0.15, -0.1) is 0 Å². The fraction of sp³-hybridized carbons (Fsp3) is 0.257. The number of hydrogen-bond acceptors (Lipinski definition) is 4. The lowest BCUT2D eigenvalue weighted by atomic mass is 10.0. The van der Waals surface area contributed by atoms with E-state index in [1.54, 1.807) is 60.7 Å². The van der Waals surface area contributed by atoms with Crippen LogP contribution in [0.3, 0.4) is 0 Å². The second-order valence-corrected chi connectivity index (χ2v) is 14.0. The lowest BCUT2D eigenvalue weighted by Gasteiger charge is -2.34. The summed E-state index contributed by atoms with van der Waals surface area (Å²) in [5.41, 5.74) is 2.85. The fourth-order valence-corrected chi connectivity index (χ4v) is 6.76. The van der Waals surface area contributed by atoms with Crippen LogP contribution >= 0.6 is 27.5 Å². The van der Waals surface area contributed by atoms with Gasteiger partial charge < -0.3 is 10.2 Å². The minimum Gasteiger partial charge on any atom is -0.354 e. The molecule has 10 heteroatoms. The Kier molecular flexibility index (Phi) is 12.2. The SMILES string of the molecule is CCCCNC(=O)[C@H](Cc1ccccc1)N(Cc1ccc(Cl)cc1)C(=O)CN(c1cccc(Br)c1)S(=O)(=O)c1ccc(C)cc1. The van der Waals surface area contributed by atoms with E-state index in [1.807, 2.05) is 44.2 Å². The number of amides is 2. The molecule has 0 aliphatic carbocycles. The minimum absolute atomic E-state index is 0.0586. The van der Waals surface area contributed by atoms with Crippen molar-refractivity contribution in [2.24, 2.45) is 0 Å². The molecule has 0 radical (unpaired) electrons. The molecule has 0 aromatic heterocycles. The van der Waals surface area contributed by atoms with Crippen molar-refractivity contribution in [3.63, 3.8) is 0 Å². The number of benzene rings is 4. The smallest absolute Gasteiger partial charge is 0.264 e. The second-order valence-electron chi connectivity index (χ2n) is 10.8. The molecule has 1 atom stereocenters. The number of halogens is 2. The molecular weight excluding hydrogens is 674 g/mol. The van der Waals surface area contributed by atoms with Gasteiger partial charge in [0.25, 0.3) is 10.0 Å². The molecule has 0 aliphatic heterocycles. The van der Waals surface area contributed by atoms with Crippen LogP contribution in [-0.2, 0) is 32.6 Å². The molecule has 0 heterocycles. The van der Waals surface area contributed by atoms with Crippen molar-refractivity contribution in [1.82, 2.24) is 10.2 Å². The van der Waals surface area contributed by atoms with E-state index in [-0.39, 0.29) is 23.8 Å². The van der Waals surface area contributed by atoms with Gasteiger partial charge in [0.05, 0.1) is 10.6 Å². The van der Waals surface area contributed by atoms with Crippen molar-refractivity contribution < 1.29 is 18.0 Å². The van der Waals surface area contributed by atoms with Gasteiger partial charge in [-0.05, 0) is 66.9 Å². The fourth-order valence-electron chi connectivity index (χ4n) is 4.84. The Morgan fingerprint density at radius 1 is 0.889 bits per heavy atom. The van der Waals surface area contributed by atoms with E-state index in [2.05, 4.69) is 21.2 Å². The van der Waals surface area contributed by atoms with Gasteiger partial charge in [-0.2, -0.15) is 0 Å². The van der Waals surface area contributed by atoms with E-state index in [0.29, 0.717) is 21.7 Å². The van der Waals surface area contributed by atoms with Gasteiger partial charge in [0.2, 0.25) is 11.8 Å². The third-order valence-corrected chi connectivity index (χ3v) is 9.88. The summed E-state index contributed by atoms with van der Waals surface area (Å²) in [6.07, 6.45) is 1.94. The molecule has 0 fully saturated rings. The summed E-state index contributed by atoms with van der Waals surface area (Å²) in [5, 5.41) is 3.54. The topological polar surface area (TPSA) is 86.8 Å². The predicted molar refractivity (Wildman–Crippen MR) is 184 cm³/mol. The van der Waals surface area contributed by atoms with Gasteiger partial charge in [-0.1, -0.05) is 107 Å². The van der Waals surface area contributed by atoms with Crippen molar-refractivity contribution in [3.8, 4) is 0 Å². The zero-order valence-corrected chi connectivity index (χ0v) is 28.5. The van der Waals surface area contributed by atoms with Gasteiger partial charge in [0.15, 0.2) is 0 Å². The number of unbranched alkanes of at least 4 members (excludes halogenated alkanes) is 1. The molecule has 1 N–H and O–H groups in total. The Morgan fingerprint density at radius 2 is 1.58 bits per heavy atom. The van der Waals surface area contributed by atoms with Gasteiger partial charge in [-0.25, -0.2) is 8.42 Å². The Morgan fingerprint density at radius 3 is 2.22 bits per heavy atom. The largest absolute Gasteiger partial charge is 0.354 e. The van der Waals surface area contributed by atoms with Crippen molar-refractivity contribution in [3.05, 3.63) is 129 Å². The Bertz CT molecular complexity index is 1680. The standard InChI is InChI=1S/C35H37BrClN3O4S/c1-3-4-21-38-35(42)33(22-27-9-6-5-7-10-27)39(24-28-15-17-30(37)18-16-28)34(41)25-40(31-12-8-11-29(36)23-31)45(43,44)32-19-13-26(2)14-20-32/h5-20,23,33H,3-4,21-22,24-25H2,1-2H3,(H,38,42)/t33-/m0/s1. The summed E-state index contributed by atoms with van der Waals surface area (Å²) >= 11 is 9.58.